The molecular formula is C24H24ClFN2O4S. The number of carbonyl (C=O) groups is 1. The summed E-state index contributed by atoms with van der Waals surface area (Å²) >= 11 is 6.13. The average molecular weight is 491 g/mol. The number of aryl methyl sites for hydroxylation is 1. The van der Waals surface area contributed by atoms with Crippen molar-refractivity contribution >= 4 is 33.2 Å². The largest absolute Gasteiger partial charge is 0.492 e. The van der Waals surface area contributed by atoms with E-state index in [2.05, 4.69) is 5.32 Å². The van der Waals surface area contributed by atoms with Gasteiger partial charge in [-0.15, -0.1) is 0 Å². The van der Waals surface area contributed by atoms with Gasteiger partial charge < -0.3 is 10.1 Å². The first-order valence-corrected chi connectivity index (χ1v) is 12.1. The molecule has 0 fully saturated rings. The van der Waals surface area contributed by atoms with Crippen LogP contribution in [0.5, 0.6) is 5.75 Å². The lowest BCUT2D eigenvalue weighted by Crippen LogP contribution is -2.38. The summed E-state index contributed by atoms with van der Waals surface area (Å²) in [6, 6.07) is 17.1. The number of nitrogens with zero attached hydrogens (tertiary/aromatic N) is 1. The lowest BCUT2D eigenvalue weighted by Gasteiger charge is -2.23. The van der Waals surface area contributed by atoms with Gasteiger partial charge in [0, 0.05) is 17.1 Å². The molecule has 0 saturated heterocycles. The summed E-state index contributed by atoms with van der Waals surface area (Å²) in [5.74, 6) is -0.808. The second kappa shape index (κ2) is 10.8. The predicted molar refractivity (Wildman–Crippen MR) is 126 cm³/mol. The zero-order chi connectivity index (χ0) is 24.0. The Morgan fingerprint density at radius 2 is 1.76 bits per heavy atom. The van der Waals surface area contributed by atoms with Crippen molar-refractivity contribution in [3.63, 3.8) is 0 Å². The van der Waals surface area contributed by atoms with Gasteiger partial charge in [-0.3, -0.25) is 4.79 Å². The van der Waals surface area contributed by atoms with Crippen molar-refractivity contribution in [3.8, 4) is 5.75 Å². The number of rotatable bonds is 9. The number of nitrogens with one attached hydrogen (secondary N) is 1. The topological polar surface area (TPSA) is 75.7 Å². The first kappa shape index (κ1) is 24.7. The van der Waals surface area contributed by atoms with E-state index in [4.69, 9.17) is 16.3 Å². The fourth-order valence-corrected chi connectivity index (χ4v) is 4.73. The summed E-state index contributed by atoms with van der Waals surface area (Å²) in [6.07, 6.45) is 0. The Balaban J connectivity index is 1.93. The molecule has 0 aliphatic carbocycles. The average Bonchev–Trinajstić information content (AvgIpc) is 2.77. The van der Waals surface area contributed by atoms with Crippen molar-refractivity contribution in [2.24, 2.45) is 0 Å². The highest BCUT2D eigenvalue weighted by molar-refractivity contribution is 7.89. The summed E-state index contributed by atoms with van der Waals surface area (Å²) < 4.78 is 47.6. The number of hydrogen-bond acceptors (Lipinski definition) is 4. The maximum absolute atomic E-state index is 14.5. The smallest absolute Gasteiger partial charge is 0.243 e. The summed E-state index contributed by atoms with van der Waals surface area (Å²) in [7, 11) is -4.14. The van der Waals surface area contributed by atoms with Crippen LogP contribution >= 0.6 is 11.6 Å². The van der Waals surface area contributed by atoms with Gasteiger partial charge in [0.05, 0.1) is 23.7 Å². The fourth-order valence-electron chi connectivity index (χ4n) is 3.15. The van der Waals surface area contributed by atoms with Crippen molar-refractivity contribution in [2.75, 3.05) is 18.5 Å². The van der Waals surface area contributed by atoms with E-state index in [1.807, 2.05) is 13.8 Å². The van der Waals surface area contributed by atoms with Gasteiger partial charge in [-0.2, -0.15) is 4.31 Å². The molecule has 0 saturated carbocycles. The van der Waals surface area contributed by atoms with Crippen LogP contribution in [0.3, 0.4) is 0 Å². The van der Waals surface area contributed by atoms with Crippen LogP contribution in [0.15, 0.2) is 71.6 Å². The van der Waals surface area contributed by atoms with Crippen LogP contribution in [0.4, 0.5) is 10.1 Å². The van der Waals surface area contributed by atoms with Crippen LogP contribution in [-0.2, 0) is 21.4 Å². The van der Waals surface area contributed by atoms with Crippen molar-refractivity contribution in [1.29, 1.82) is 0 Å². The Bertz CT molecular complexity index is 1210. The molecule has 0 aliphatic heterocycles. The molecule has 9 heteroatoms. The minimum Gasteiger partial charge on any atom is -0.492 e. The maximum Gasteiger partial charge on any atom is 0.243 e. The Morgan fingerprint density at radius 3 is 2.42 bits per heavy atom. The van der Waals surface area contributed by atoms with Gasteiger partial charge in [-0.25, -0.2) is 12.8 Å². The number of para-hydroxylation sites is 2. The van der Waals surface area contributed by atoms with Crippen molar-refractivity contribution < 1.29 is 22.3 Å². The van der Waals surface area contributed by atoms with Gasteiger partial charge in [-0.1, -0.05) is 47.5 Å². The normalized spacial score (nSPS) is 11.4. The molecule has 3 aromatic carbocycles. The molecule has 0 atom stereocenters. The minimum absolute atomic E-state index is 0.0110. The molecule has 0 aliphatic rings. The van der Waals surface area contributed by atoms with Gasteiger partial charge in [0.15, 0.2) is 0 Å². The van der Waals surface area contributed by atoms with E-state index in [9.17, 15) is 17.6 Å². The van der Waals surface area contributed by atoms with Gasteiger partial charge in [0.1, 0.15) is 11.6 Å². The van der Waals surface area contributed by atoms with Crippen LogP contribution in [-0.4, -0.2) is 31.8 Å². The summed E-state index contributed by atoms with van der Waals surface area (Å²) in [6.45, 7) is 3.07. The summed E-state index contributed by atoms with van der Waals surface area (Å²) in [4.78, 5) is 12.9. The van der Waals surface area contributed by atoms with Crippen molar-refractivity contribution in [1.82, 2.24) is 4.31 Å². The van der Waals surface area contributed by atoms with Crippen molar-refractivity contribution in [2.45, 2.75) is 25.3 Å². The van der Waals surface area contributed by atoms with Crippen LogP contribution in [0, 0.1) is 12.7 Å². The van der Waals surface area contributed by atoms with Gasteiger partial charge in [0.25, 0.3) is 0 Å². The van der Waals surface area contributed by atoms with Crippen LogP contribution in [0.2, 0.25) is 5.02 Å². The van der Waals surface area contributed by atoms with Gasteiger partial charge >= 0.3 is 0 Å². The van der Waals surface area contributed by atoms with E-state index in [1.165, 1.54) is 30.3 Å². The quantitative estimate of drug-likeness (QED) is 0.457. The van der Waals surface area contributed by atoms with Crippen LogP contribution in [0.1, 0.15) is 18.1 Å². The molecule has 1 N–H and O–H groups in total. The first-order chi connectivity index (χ1) is 15.7. The molecule has 0 bridgehead atoms. The third-order valence-electron chi connectivity index (χ3n) is 4.84. The number of sulfonamides is 1. The standard InChI is InChI=1S/C24H24ClFN2O4S/c1-3-32-23-10-5-4-9-22(23)27-24(29)16-28(15-19-20(25)7-6-8-21(19)26)33(30,31)18-13-11-17(2)12-14-18/h4-14H,3,15-16H2,1-2H3,(H,27,29). The highest BCUT2D eigenvalue weighted by Gasteiger charge is 2.29. The third-order valence-corrected chi connectivity index (χ3v) is 7.00. The van der Waals surface area contributed by atoms with Crippen LogP contribution < -0.4 is 10.1 Å². The first-order valence-electron chi connectivity index (χ1n) is 10.2. The highest BCUT2D eigenvalue weighted by Crippen LogP contribution is 2.26. The number of hydrogen-bond donors (Lipinski definition) is 1. The third kappa shape index (κ3) is 6.10. The highest BCUT2D eigenvalue weighted by atomic mass is 35.5. The van der Waals surface area contributed by atoms with E-state index in [0.717, 1.165) is 9.87 Å². The molecule has 1 amide bonds. The zero-order valence-corrected chi connectivity index (χ0v) is 19.8. The molecule has 0 aromatic heterocycles. The van der Waals surface area contributed by atoms with E-state index >= 15 is 0 Å². The van der Waals surface area contributed by atoms with E-state index in [-0.39, 0.29) is 15.5 Å². The summed E-state index contributed by atoms with van der Waals surface area (Å²) in [5, 5.41) is 2.75. The second-order valence-corrected chi connectivity index (χ2v) is 9.61. The van der Waals surface area contributed by atoms with E-state index in [1.54, 1.807) is 36.4 Å². The lowest BCUT2D eigenvalue weighted by atomic mass is 10.2. The number of carbonyl (C=O) groups excluding carboxylic acids is 1. The number of halogens is 2. The number of anilines is 1. The zero-order valence-electron chi connectivity index (χ0n) is 18.2. The van der Waals surface area contributed by atoms with Crippen LogP contribution in [0.25, 0.3) is 0 Å². The SMILES string of the molecule is CCOc1ccccc1NC(=O)CN(Cc1c(F)cccc1Cl)S(=O)(=O)c1ccc(C)cc1. The molecule has 0 spiro atoms. The van der Waals surface area contributed by atoms with Crippen molar-refractivity contribution in [3.05, 3.63) is 88.7 Å². The monoisotopic (exact) mass is 490 g/mol. The molecule has 0 unspecified atom stereocenters. The minimum atomic E-state index is -4.14. The van der Waals surface area contributed by atoms with E-state index < -0.39 is 34.8 Å². The summed E-state index contributed by atoms with van der Waals surface area (Å²) in [5.41, 5.74) is 1.27. The van der Waals surface area contributed by atoms with Gasteiger partial charge in [-0.05, 0) is 50.2 Å². The Morgan fingerprint density at radius 1 is 1.06 bits per heavy atom. The van der Waals surface area contributed by atoms with Gasteiger partial charge in [0.2, 0.25) is 15.9 Å². The number of amides is 1. The molecular weight excluding hydrogens is 467 g/mol. The molecule has 6 nitrogen and oxygen atoms in total. The number of ether oxygens (including phenoxy) is 1. The predicted octanol–water partition coefficient (Wildman–Crippen LogP) is 5.02. The molecule has 174 valence electrons. The second-order valence-electron chi connectivity index (χ2n) is 7.26. The Hall–Kier alpha value is -2.94. The lowest BCUT2D eigenvalue weighted by molar-refractivity contribution is -0.116. The Kier molecular flexibility index (Phi) is 8.07. The molecule has 33 heavy (non-hydrogen) atoms. The number of benzene rings is 3. The van der Waals surface area contributed by atoms with E-state index in [0.29, 0.717) is 18.0 Å². The molecule has 3 aromatic rings. The molecule has 0 heterocycles. The maximum atomic E-state index is 14.5. The molecule has 0 radical (unpaired) electrons. The Labute approximate surface area is 198 Å². The fraction of sp³-hybridized carbons (Fsp3) is 0.208. The molecule has 3 rings (SSSR count).